The van der Waals surface area contributed by atoms with E-state index in [2.05, 4.69) is 6.92 Å². The molecule has 3 heteroatoms. The molecule has 0 radical (unpaired) electrons. The highest BCUT2D eigenvalue weighted by molar-refractivity contribution is 5.70. The van der Waals surface area contributed by atoms with Gasteiger partial charge in [-0.25, -0.2) is 4.79 Å². The SMILES string of the molecule is CCCN1C(=O)OC[C@H]1c1ccccc1. The molecule has 1 heterocycles. The lowest BCUT2D eigenvalue weighted by atomic mass is 10.1. The van der Waals surface area contributed by atoms with E-state index in [9.17, 15) is 4.79 Å². The Balaban J connectivity index is 2.18. The lowest BCUT2D eigenvalue weighted by molar-refractivity contribution is 0.157. The minimum Gasteiger partial charge on any atom is -0.447 e. The maximum absolute atomic E-state index is 11.5. The summed E-state index contributed by atoms with van der Waals surface area (Å²) >= 11 is 0. The fourth-order valence-electron chi connectivity index (χ4n) is 1.89. The molecule has 2 rings (SSSR count). The van der Waals surface area contributed by atoms with E-state index < -0.39 is 0 Å². The molecule has 1 atom stereocenters. The Morgan fingerprint density at radius 3 is 2.80 bits per heavy atom. The van der Waals surface area contributed by atoms with E-state index >= 15 is 0 Å². The minimum absolute atomic E-state index is 0.0960. The summed E-state index contributed by atoms with van der Waals surface area (Å²) in [5.41, 5.74) is 1.15. The first-order valence-electron chi connectivity index (χ1n) is 5.31. The third-order valence-corrected chi connectivity index (χ3v) is 2.62. The topological polar surface area (TPSA) is 29.5 Å². The van der Waals surface area contributed by atoms with E-state index in [1.54, 1.807) is 4.90 Å². The number of cyclic esters (lactones) is 1. The average molecular weight is 205 g/mol. The lowest BCUT2D eigenvalue weighted by Crippen LogP contribution is -2.28. The second-order valence-electron chi connectivity index (χ2n) is 3.70. The van der Waals surface area contributed by atoms with Crippen LogP contribution in [0, 0.1) is 0 Å². The predicted octanol–water partition coefficient (Wildman–Crippen LogP) is 2.59. The first-order valence-corrected chi connectivity index (χ1v) is 5.31. The van der Waals surface area contributed by atoms with Crippen molar-refractivity contribution in [1.82, 2.24) is 4.90 Å². The molecule has 0 aromatic heterocycles. The van der Waals surface area contributed by atoms with Crippen LogP contribution in [-0.4, -0.2) is 24.1 Å². The van der Waals surface area contributed by atoms with Crippen molar-refractivity contribution in [3.63, 3.8) is 0 Å². The van der Waals surface area contributed by atoms with Crippen LogP contribution < -0.4 is 0 Å². The Kier molecular flexibility index (Phi) is 2.90. The Bertz CT molecular complexity index is 337. The molecule has 15 heavy (non-hydrogen) atoms. The number of rotatable bonds is 3. The Morgan fingerprint density at radius 2 is 2.13 bits per heavy atom. The van der Waals surface area contributed by atoms with Gasteiger partial charge in [0.15, 0.2) is 0 Å². The van der Waals surface area contributed by atoms with Gasteiger partial charge in [0.2, 0.25) is 0 Å². The van der Waals surface area contributed by atoms with E-state index in [-0.39, 0.29) is 12.1 Å². The largest absolute Gasteiger partial charge is 0.447 e. The monoisotopic (exact) mass is 205 g/mol. The molecule has 1 saturated heterocycles. The fourth-order valence-corrected chi connectivity index (χ4v) is 1.89. The first-order chi connectivity index (χ1) is 7.33. The van der Waals surface area contributed by atoms with E-state index in [4.69, 9.17) is 4.74 Å². The van der Waals surface area contributed by atoms with E-state index in [0.29, 0.717) is 6.61 Å². The summed E-state index contributed by atoms with van der Waals surface area (Å²) in [5, 5.41) is 0. The van der Waals surface area contributed by atoms with Crippen molar-refractivity contribution < 1.29 is 9.53 Å². The molecule has 0 bridgehead atoms. The van der Waals surface area contributed by atoms with Crippen LogP contribution in [-0.2, 0) is 4.74 Å². The van der Waals surface area contributed by atoms with Gasteiger partial charge in [-0.3, -0.25) is 4.90 Å². The van der Waals surface area contributed by atoms with Crippen molar-refractivity contribution in [3.8, 4) is 0 Å². The van der Waals surface area contributed by atoms with Gasteiger partial charge in [0.25, 0.3) is 0 Å². The normalized spacial score (nSPS) is 20.5. The quantitative estimate of drug-likeness (QED) is 0.759. The molecular weight excluding hydrogens is 190 g/mol. The van der Waals surface area contributed by atoms with Crippen LogP contribution >= 0.6 is 0 Å². The summed E-state index contributed by atoms with van der Waals surface area (Å²) < 4.78 is 5.07. The van der Waals surface area contributed by atoms with Crippen molar-refractivity contribution in [2.24, 2.45) is 0 Å². The molecule has 1 aromatic rings. The third-order valence-electron chi connectivity index (χ3n) is 2.62. The van der Waals surface area contributed by atoms with Gasteiger partial charge in [-0.2, -0.15) is 0 Å². The fraction of sp³-hybridized carbons (Fsp3) is 0.417. The Hall–Kier alpha value is -1.51. The van der Waals surface area contributed by atoms with Crippen LogP contribution in [0.3, 0.4) is 0 Å². The molecule has 0 unspecified atom stereocenters. The van der Waals surface area contributed by atoms with Crippen LogP contribution in [0.5, 0.6) is 0 Å². The van der Waals surface area contributed by atoms with E-state index in [0.717, 1.165) is 18.5 Å². The van der Waals surface area contributed by atoms with Gasteiger partial charge >= 0.3 is 6.09 Å². The number of carbonyl (C=O) groups is 1. The zero-order valence-corrected chi connectivity index (χ0v) is 8.85. The molecule has 0 N–H and O–H groups in total. The molecule has 1 aliphatic rings. The number of amides is 1. The average Bonchev–Trinajstić information content (AvgIpc) is 2.63. The summed E-state index contributed by atoms with van der Waals surface area (Å²) in [6, 6.07) is 10.1. The molecule has 1 amide bonds. The lowest BCUT2D eigenvalue weighted by Gasteiger charge is -2.20. The summed E-state index contributed by atoms with van der Waals surface area (Å²) in [5.74, 6) is 0. The number of hydrogen-bond donors (Lipinski definition) is 0. The van der Waals surface area contributed by atoms with Crippen LogP contribution in [0.4, 0.5) is 4.79 Å². The number of carbonyl (C=O) groups excluding carboxylic acids is 1. The molecule has 0 aliphatic carbocycles. The first kappa shape index (κ1) is 10.0. The number of benzene rings is 1. The van der Waals surface area contributed by atoms with Gasteiger partial charge in [-0.15, -0.1) is 0 Å². The summed E-state index contributed by atoms with van der Waals surface area (Å²) in [7, 11) is 0. The maximum atomic E-state index is 11.5. The van der Waals surface area contributed by atoms with Crippen LogP contribution in [0.15, 0.2) is 30.3 Å². The zero-order chi connectivity index (χ0) is 10.7. The van der Waals surface area contributed by atoms with Crippen molar-refractivity contribution in [3.05, 3.63) is 35.9 Å². The molecule has 3 nitrogen and oxygen atoms in total. The van der Waals surface area contributed by atoms with Crippen LogP contribution in [0.1, 0.15) is 24.9 Å². The van der Waals surface area contributed by atoms with E-state index in [1.807, 2.05) is 30.3 Å². The summed E-state index contributed by atoms with van der Waals surface area (Å²) in [4.78, 5) is 13.3. The molecule has 0 spiro atoms. The van der Waals surface area contributed by atoms with Crippen molar-refractivity contribution in [2.45, 2.75) is 19.4 Å². The molecule has 0 saturated carbocycles. The smallest absolute Gasteiger partial charge is 0.410 e. The third kappa shape index (κ3) is 1.96. The summed E-state index contributed by atoms with van der Waals surface area (Å²) in [6.07, 6.45) is 0.768. The highest BCUT2D eigenvalue weighted by atomic mass is 16.6. The standard InChI is InChI=1S/C12H15NO2/c1-2-8-13-11(9-15-12(13)14)10-6-4-3-5-7-10/h3-7,11H,2,8-9H2,1H3/t11-/m0/s1. The van der Waals surface area contributed by atoms with Crippen LogP contribution in [0.25, 0.3) is 0 Å². The van der Waals surface area contributed by atoms with E-state index in [1.165, 1.54) is 0 Å². The minimum atomic E-state index is -0.189. The van der Waals surface area contributed by atoms with Gasteiger partial charge < -0.3 is 4.74 Å². The van der Waals surface area contributed by atoms with Gasteiger partial charge in [-0.05, 0) is 12.0 Å². The van der Waals surface area contributed by atoms with Crippen LogP contribution in [0.2, 0.25) is 0 Å². The van der Waals surface area contributed by atoms with Gasteiger partial charge in [0.05, 0.1) is 6.04 Å². The summed E-state index contributed by atoms with van der Waals surface area (Å²) in [6.45, 7) is 3.30. The molecular formula is C12H15NO2. The Morgan fingerprint density at radius 1 is 1.40 bits per heavy atom. The van der Waals surface area contributed by atoms with Gasteiger partial charge in [-0.1, -0.05) is 37.3 Å². The molecule has 1 aromatic carbocycles. The number of hydrogen-bond acceptors (Lipinski definition) is 2. The van der Waals surface area contributed by atoms with Gasteiger partial charge in [0, 0.05) is 6.54 Å². The highest BCUT2D eigenvalue weighted by Crippen LogP contribution is 2.27. The molecule has 80 valence electrons. The Labute approximate surface area is 89.7 Å². The predicted molar refractivity (Wildman–Crippen MR) is 57.5 cm³/mol. The second-order valence-corrected chi connectivity index (χ2v) is 3.70. The second kappa shape index (κ2) is 4.34. The highest BCUT2D eigenvalue weighted by Gasteiger charge is 2.32. The molecule has 1 fully saturated rings. The molecule has 1 aliphatic heterocycles. The van der Waals surface area contributed by atoms with Gasteiger partial charge in [0.1, 0.15) is 6.61 Å². The maximum Gasteiger partial charge on any atom is 0.410 e. The number of ether oxygens (including phenoxy) is 1. The number of nitrogens with zero attached hydrogens (tertiary/aromatic N) is 1. The zero-order valence-electron chi connectivity index (χ0n) is 8.85. The van der Waals surface area contributed by atoms with Crippen molar-refractivity contribution >= 4 is 6.09 Å². The van der Waals surface area contributed by atoms with Crippen molar-refractivity contribution in [2.75, 3.05) is 13.2 Å². The van der Waals surface area contributed by atoms with Crippen molar-refractivity contribution in [1.29, 1.82) is 0 Å².